The topological polar surface area (TPSA) is 84.3 Å². The number of aromatic nitrogens is 1. The third-order valence-corrected chi connectivity index (χ3v) is 4.81. The van der Waals surface area contributed by atoms with Crippen molar-refractivity contribution in [1.82, 2.24) is 4.98 Å². The van der Waals surface area contributed by atoms with Gasteiger partial charge in [-0.05, 0) is 30.4 Å². The summed E-state index contributed by atoms with van der Waals surface area (Å²) in [7, 11) is -3.04. The van der Waals surface area contributed by atoms with E-state index in [0.29, 0.717) is 18.4 Å². The maximum absolute atomic E-state index is 11.6. The summed E-state index contributed by atoms with van der Waals surface area (Å²) >= 11 is 0. The fourth-order valence-electron chi connectivity index (χ4n) is 2.21. The zero-order valence-electron chi connectivity index (χ0n) is 9.17. The number of nitrogens with zero attached hydrogens (tertiary/aromatic N) is 1. The zero-order valence-corrected chi connectivity index (χ0v) is 9.98. The molecule has 1 aliphatic rings. The molecule has 1 aliphatic heterocycles. The fourth-order valence-corrected chi connectivity index (χ4v) is 3.94. The highest BCUT2D eigenvalue weighted by atomic mass is 32.2. The number of hydrogen-bond acceptors (Lipinski definition) is 4. The molecular weight excluding hydrogens is 242 g/mol. The van der Waals surface area contributed by atoms with Gasteiger partial charge in [0.1, 0.15) is 0 Å². The Hall–Kier alpha value is -1.43. The standard InChI is InChI=1S/C11H13NO4S/c13-11(14)10-6-12-4-3-9(10)8-2-1-5-17(15,16)7-8/h3-4,6,8H,1-2,5,7H2,(H,13,14). The predicted molar refractivity (Wildman–Crippen MR) is 61.8 cm³/mol. The third kappa shape index (κ3) is 2.63. The van der Waals surface area contributed by atoms with Gasteiger partial charge < -0.3 is 5.11 Å². The second kappa shape index (κ2) is 4.44. The molecule has 1 fully saturated rings. The molecule has 2 rings (SSSR count). The van der Waals surface area contributed by atoms with Crippen molar-refractivity contribution in [2.24, 2.45) is 0 Å². The largest absolute Gasteiger partial charge is 0.478 e. The van der Waals surface area contributed by atoms with Gasteiger partial charge in [-0.3, -0.25) is 4.98 Å². The van der Waals surface area contributed by atoms with Crippen LogP contribution in [0.25, 0.3) is 0 Å². The SMILES string of the molecule is O=C(O)c1cnccc1C1CCCS(=O)(=O)C1. The number of carbonyl (C=O) groups is 1. The van der Waals surface area contributed by atoms with Crippen LogP contribution in [0.15, 0.2) is 18.5 Å². The summed E-state index contributed by atoms with van der Waals surface area (Å²) in [6.07, 6.45) is 4.08. The Kier molecular flexibility index (Phi) is 3.15. The van der Waals surface area contributed by atoms with Gasteiger partial charge in [0, 0.05) is 12.4 Å². The first-order valence-corrected chi connectivity index (χ1v) is 7.19. The second-order valence-electron chi connectivity index (χ2n) is 4.22. The molecule has 1 atom stereocenters. The molecule has 1 aromatic heterocycles. The third-order valence-electron chi connectivity index (χ3n) is 2.99. The number of carboxylic acid groups (broad SMARTS) is 1. The van der Waals surface area contributed by atoms with Crippen LogP contribution in [0.1, 0.15) is 34.7 Å². The van der Waals surface area contributed by atoms with E-state index >= 15 is 0 Å². The molecular formula is C11H13NO4S. The number of sulfone groups is 1. The molecule has 1 aromatic rings. The number of hydrogen-bond donors (Lipinski definition) is 1. The van der Waals surface area contributed by atoms with E-state index in [9.17, 15) is 13.2 Å². The van der Waals surface area contributed by atoms with Crippen LogP contribution < -0.4 is 0 Å². The van der Waals surface area contributed by atoms with Crippen LogP contribution in [-0.4, -0.2) is 36.0 Å². The zero-order chi connectivity index (χ0) is 12.5. The van der Waals surface area contributed by atoms with Crippen LogP contribution in [0, 0.1) is 0 Å². The van der Waals surface area contributed by atoms with E-state index in [1.807, 2.05) is 0 Å². The Bertz CT molecular complexity index is 538. The first-order valence-electron chi connectivity index (χ1n) is 5.37. The van der Waals surface area contributed by atoms with E-state index in [4.69, 9.17) is 5.11 Å². The van der Waals surface area contributed by atoms with Crippen molar-refractivity contribution in [3.8, 4) is 0 Å². The summed E-state index contributed by atoms with van der Waals surface area (Å²) in [5.74, 6) is -1.03. The van der Waals surface area contributed by atoms with Crippen molar-refractivity contribution >= 4 is 15.8 Å². The van der Waals surface area contributed by atoms with Gasteiger partial charge in [0.25, 0.3) is 0 Å². The van der Waals surface area contributed by atoms with Crippen molar-refractivity contribution in [2.45, 2.75) is 18.8 Å². The van der Waals surface area contributed by atoms with Gasteiger partial charge in [0.05, 0.1) is 17.1 Å². The highest BCUT2D eigenvalue weighted by molar-refractivity contribution is 7.91. The molecule has 92 valence electrons. The van der Waals surface area contributed by atoms with Gasteiger partial charge in [-0.1, -0.05) is 0 Å². The molecule has 0 aliphatic carbocycles. The van der Waals surface area contributed by atoms with E-state index in [2.05, 4.69) is 4.98 Å². The van der Waals surface area contributed by atoms with Crippen molar-refractivity contribution < 1.29 is 18.3 Å². The molecule has 0 bridgehead atoms. The van der Waals surface area contributed by atoms with Gasteiger partial charge in [0.15, 0.2) is 9.84 Å². The molecule has 5 nitrogen and oxygen atoms in total. The lowest BCUT2D eigenvalue weighted by Crippen LogP contribution is -2.25. The van der Waals surface area contributed by atoms with Crippen molar-refractivity contribution in [3.63, 3.8) is 0 Å². The molecule has 0 amide bonds. The van der Waals surface area contributed by atoms with E-state index in [1.165, 1.54) is 12.4 Å². The van der Waals surface area contributed by atoms with E-state index in [0.717, 1.165) is 0 Å². The van der Waals surface area contributed by atoms with Crippen LogP contribution in [0.5, 0.6) is 0 Å². The number of carboxylic acids is 1. The predicted octanol–water partition coefficient (Wildman–Crippen LogP) is 1.07. The molecule has 1 unspecified atom stereocenters. The summed E-state index contributed by atoms with van der Waals surface area (Å²) in [6.45, 7) is 0. The number of aromatic carboxylic acids is 1. The molecule has 0 aromatic carbocycles. The number of pyridine rings is 1. The molecule has 2 heterocycles. The summed E-state index contributed by atoms with van der Waals surface area (Å²) in [5, 5.41) is 9.04. The average molecular weight is 255 g/mol. The minimum atomic E-state index is -3.04. The fraction of sp³-hybridized carbons (Fsp3) is 0.455. The normalized spacial score (nSPS) is 23.2. The molecule has 0 radical (unpaired) electrons. The van der Waals surface area contributed by atoms with Crippen molar-refractivity contribution in [2.75, 3.05) is 11.5 Å². The van der Waals surface area contributed by atoms with Crippen LogP contribution in [0.3, 0.4) is 0 Å². The van der Waals surface area contributed by atoms with Crippen LogP contribution >= 0.6 is 0 Å². The van der Waals surface area contributed by atoms with Crippen LogP contribution in [-0.2, 0) is 9.84 Å². The van der Waals surface area contributed by atoms with Gasteiger partial charge >= 0.3 is 5.97 Å². The van der Waals surface area contributed by atoms with Crippen LogP contribution in [0.4, 0.5) is 0 Å². The molecule has 17 heavy (non-hydrogen) atoms. The monoisotopic (exact) mass is 255 g/mol. The summed E-state index contributed by atoms with van der Waals surface area (Å²) in [5.41, 5.74) is 0.686. The van der Waals surface area contributed by atoms with Crippen LogP contribution in [0.2, 0.25) is 0 Å². The molecule has 1 saturated heterocycles. The van der Waals surface area contributed by atoms with Gasteiger partial charge in [0.2, 0.25) is 0 Å². The van der Waals surface area contributed by atoms with E-state index < -0.39 is 15.8 Å². The smallest absolute Gasteiger partial charge is 0.337 e. The Morgan fingerprint density at radius 1 is 1.47 bits per heavy atom. The highest BCUT2D eigenvalue weighted by Gasteiger charge is 2.28. The van der Waals surface area contributed by atoms with Crippen molar-refractivity contribution in [1.29, 1.82) is 0 Å². The minimum Gasteiger partial charge on any atom is -0.478 e. The Morgan fingerprint density at radius 3 is 2.88 bits per heavy atom. The second-order valence-corrected chi connectivity index (χ2v) is 6.45. The quantitative estimate of drug-likeness (QED) is 0.854. The average Bonchev–Trinajstić information content (AvgIpc) is 2.27. The first-order chi connectivity index (χ1) is 7.99. The van der Waals surface area contributed by atoms with Gasteiger partial charge in [-0.2, -0.15) is 0 Å². The Balaban J connectivity index is 2.37. The van der Waals surface area contributed by atoms with Gasteiger partial charge in [-0.25, -0.2) is 13.2 Å². The maximum Gasteiger partial charge on any atom is 0.337 e. The number of rotatable bonds is 2. The van der Waals surface area contributed by atoms with E-state index in [1.54, 1.807) is 6.07 Å². The maximum atomic E-state index is 11.6. The van der Waals surface area contributed by atoms with Crippen molar-refractivity contribution in [3.05, 3.63) is 29.6 Å². The van der Waals surface area contributed by atoms with Gasteiger partial charge in [-0.15, -0.1) is 0 Å². The first kappa shape index (κ1) is 12.0. The lowest BCUT2D eigenvalue weighted by Gasteiger charge is -2.23. The lowest BCUT2D eigenvalue weighted by molar-refractivity contribution is 0.0694. The molecule has 1 N–H and O–H groups in total. The summed E-state index contributed by atoms with van der Waals surface area (Å²) in [4.78, 5) is 14.8. The molecule has 0 saturated carbocycles. The minimum absolute atomic E-state index is 0.0390. The lowest BCUT2D eigenvalue weighted by atomic mass is 9.93. The summed E-state index contributed by atoms with van der Waals surface area (Å²) in [6, 6.07) is 1.61. The Morgan fingerprint density at radius 2 is 2.24 bits per heavy atom. The molecule has 6 heteroatoms. The van der Waals surface area contributed by atoms with E-state index in [-0.39, 0.29) is 23.0 Å². The Labute approximate surface area is 99.4 Å². The summed E-state index contributed by atoms with van der Waals surface area (Å²) < 4.78 is 23.1. The highest BCUT2D eigenvalue weighted by Crippen LogP contribution is 2.30. The molecule has 0 spiro atoms.